The molecule has 1 aromatic carbocycles. The van der Waals surface area contributed by atoms with Crippen molar-refractivity contribution >= 4 is 17.4 Å². The van der Waals surface area contributed by atoms with E-state index in [9.17, 15) is 0 Å². The Balaban J connectivity index is 2.46. The highest BCUT2D eigenvalue weighted by atomic mass is 35.5. The van der Waals surface area contributed by atoms with Gasteiger partial charge >= 0.3 is 0 Å². The minimum Gasteiger partial charge on any atom is -0.382 e. The van der Waals surface area contributed by atoms with E-state index in [1.807, 2.05) is 24.3 Å². The van der Waals surface area contributed by atoms with Crippen LogP contribution in [0.4, 0.5) is 5.82 Å². The second-order valence-electron chi connectivity index (χ2n) is 3.50. The molecule has 1 aromatic heterocycles. The van der Waals surface area contributed by atoms with Crippen molar-refractivity contribution in [3.8, 4) is 11.1 Å². The predicted octanol–water partition coefficient (Wildman–Crippen LogP) is 2.44. The first-order valence-corrected chi connectivity index (χ1v) is 5.29. The van der Waals surface area contributed by atoms with Crippen LogP contribution in [0, 0.1) is 0 Å². The van der Waals surface area contributed by atoms with Crippen molar-refractivity contribution in [3.05, 3.63) is 47.1 Å². The van der Waals surface area contributed by atoms with Gasteiger partial charge in [-0.15, -0.1) is 0 Å². The Labute approximate surface area is 99.1 Å². The highest BCUT2D eigenvalue weighted by Crippen LogP contribution is 2.25. The molecule has 0 aliphatic heterocycles. The molecule has 0 amide bonds. The van der Waals surface area contributed by atoms with Gasteiger partial charge in [-0.1, -0.05) is 29.8 Å². The molecule has 0 bridgehead atoms. The fourth-order valence-corrected chi connectivity index (χ4v) is 1.65. The van der Waals surface area contributed by atoms with Crippen molar-refractivity contribution in [1.29, 1.82) is 0 Å². The quantitative estimate of drug-likeness (QED) is 0.838. The van der Waals surface area contributed by atoms with E-state index in [2.05, 4.69) is 4.98 Å². The zero-order valence-electron chi connectivity index (χ0n) is 8.65. The molecule has 0 unspecified atom stereocenters. The zero-order valence-corrected chi connectivity index (χ0v) is 9.41. The number of nitrogen functional groups attached to an aromatic ring is 1. The molecule has 2 rings (SSSR count). The Morgan fingerprint density at radius 1 is 1.19 bits per heavy atom. The van der Waals surface area contributed by atoms with E-state index in [1.165, 1.54) is 0 Å². The molecule has 0 radical (unpaired) electrons. The number of hydrogen-bond acceptors (Lipinski definition) is 3. The highest BCUT2D eigenvalue weighted by molar-refractivity contribution is 6.33. The van der Waals surface area contributed by atoms with Gasteiger partial charge < -0.3 is 11.5 Å². The Morgan fingerprint density at radius 2 is 2.00 bits per heavy atom. The number of nitrogens with two attached hydrogens (primary N) is 2. The Morgan fingerprint density at radius 3 is 2.69 bits per heavy atom. The lowest BCUT2D eigenvalue weighted by molar-refractivity contribution is 1.07. The smallest absolute Gasteiger partial charge is 0.142 e. The lowest BCUT2D eigenvalue weighted by Gasteiger charge is -2.05. The number of pyridine rings is 1. The number of anilines is 1. The molecule has 2 aromatic rings. The van der Waals surface area contributed by atoms with Crippen LogP contribution in [0.3, 0.4) is 0 Å². The van der Waals surface area contributed by atoms with Gasteiger partial charge in [0.1, 0.15) is 5.82 Å². The van der Waals surface area contributed by atoms with E-state index >= 15 is 0 Å². The van der Waals surface area contributed by atoms with Crippen LogP contribution in [0.1, 0.15) is 5.56 Å². The van der Waals surface area contributed by atoms with Gasteiger partial charge in [0.05, 0.1) is 5.02 Å². The Bertz CT molecular complexity index is 511. The van der Waals surface area contributed by atoms with Crippen LogP contribution >= 0.6 is 11.6 Å². The number of halogens is 1. The molecule has 0 aliphatic carbocycles. The van der Waals surface area contributed by atoms with Gasteiger partial charge in [-0.25, -0.2) is 4.98 Å². The van der Waals surface area contributed by atoms with E-state index in [4.69, 9.17) is 23.1 Å². The fourth-order valence-electron chi connectivity index (χ4n) is 1.48. The minimum absolute atomic E-state index is 0.348. The van der Waals surface area contributed by atoms with Crippen molar-refractivity contribution in [3.63, 3.8) is 0 Å². The maximum absolute atomic E-state index is 5.93. The lowest BCUT2D eigenvalue weighted by Crippen LogP contribution is -1.96. The molecule has 0 atom stereocenters. The average molecular weight is 234 g/mol. The highest BCUT2D eigenvalue weighted by Gasteiger charge is 2.03. The van der Waals surface area contributed by atoms with Gasteiger partial charge in [0.2, 0.25) is 0 Å². The molecule has 4 heteroatoms. The zero-order chi connectivity index (χ0) is 11.5. The van der Waals surface area contributed by atoms with E-state index in [0.717, 1.165) is 16.7 Å². The molecular weight excluding hydrogens is 222 g/mol. The third kappa shape index (κ3) is 2.15. The normalized spacial score (nSPS) is 10.4. The van der Waals surface area contributed by atoms with Gasteiger partial charge in [-0.05, 0) is 23.3 Å². The SMILES string of the molecule is NCc1cccc(-c2cnc(N)c(Cl)c2)c1. The summed E-state index contributed by atoms with van der Waals surface area (Å²) in [6, 6.07) is 9.75. The predicted molar refractivity (Wildman–Crippen MR) is 67.0 cm³/mol. The summed E-state index contributed by atoms with van der Waals surface area (Å²) in [4.78, 5) is 4.03. The summed E-state index contributed by atoms with van der Waals surface area (Å²) in [5.41, 5.74) is 14.2. The van der Waals surface area contributed by atoms with Crippen LogP contribution in [0.15, 0.2) is 36.5 Å². The first kappa shape index (κ1) is 10.9. The first-order chi connectivity index (χ1) is 7.70. The molecule has 16 heavy (non-hydrogen) atoms. The van der Waals surface area contributed by atoms with Crippen LogP contribution in [0.5, 0.6) is 0 Å². The third-order valence-electron chi connectivity index (χ3n) is 2.37. The molecule has 0 fully saturated rings. The minimum atomic E-state index is 0.348. The van der Waals surface area contributed by atoms with Gasteiger partial charge in [0.15, 0.2) is 0 Å². The largest absolute Gasteiger partial charge is 0.382 e. The van der Waals surface area contributed by atoms with Crippen LogP contribution in [0.25, 0.3) is 11.1 Å². The van der Waals surface area contributed by atoms with Gasteiger partial charge in [0.25, 0.3) is 0 Å². The summed E-state index contributed by atoms with van der Waals surface area (Å²) in [6.07, 6.45) is 1.71. The van der Waals surface area contributed by atoms with E-state index in [1.54, 1.807) is 12.3 Å². The molecule has 0 aliphatic rings. The van der Waals surface area contributed by atoms with E-state index < -0.39 is 0 Å². The van der Waals surface area contributed by atoms with Crippen LogP contribution in [-0.2, 0) is 6.54 Å². The first-order valence-electron chi connectivity index (χ1n) is 4.91. The summed E-state index contributed by atoms with van der Waals surface area (Å²) >= 11 is 5.93. The monoisotopic (exact) mass is 233 g/mol. The average Bonchev–Trinajstić information content (AvgIpc) is 2.33. The summed E-state index contributed by atoms with van der Waals surface area (Å²) in [5, 5.41) is 0.468. The lowest BCUT2D eigenvalue weighted by atomic mass is 10.0. The molecule has 4 N–H and O–H groups in total. The van der Waals surface area contributed by atoms with E-state index in [-0.39, 0.29) is 0 Å². The molecule has 1 heterocycles. The standard InChI is InChI=1S/C12H12ClN3/c13-11-5-10(7-16-12(11)15)9-3-1-2-8(4-9)6-14/h1-5,7H,6,14H2,(H2,15,16). The third-order valence-corrected chi connectivity index (χ3v) is 2.67. The Kier molecular flexibility index (Phi) is 3.08. The molecule has 0 saturated carbocycles. The molecular formula is C12H12ClN3. The maximum atomic E-state index is 5.93. The molecule has 0 spiro atoms. The van der Waals surface area contributed by atoms with Gasteiger partial charge in [-0.2, -0.15) is 0 Å². The fraction of sp³-hybridized carbons (Fsp3) is 0.0833. The second kappa shape index (κ2) is 4.51. The van der Waals surface area contributed by atoms with Crippen molar-refractivity contribution < 1.29 is 0 Å². The summed E-state index contributed by atoms with van der Waals surface area (Å²) in [6.45, 7) is 0.518. The molecule has 0 saturated heterocycles. The number of aromatic nitrogens is 1. The number of benzene rings is 1. The van der Waals surface area contributed by atoms with Crippen LogP contribution < -0.4 is 11.5 Å². The number of hydrogen-bond donors (Lipinski definition) is 2. The second-order valence-corrected chi connectivity index (χ2v) is 3.90. The van der Waals surface area contributed by atoms with Crippen LogP contribution in [0.2, 0.25) is 5.02 Å². The molecule has 3 nitrogen and oxygen atoms in total. The number of rotatable bonds is 2. The van der Waals surface area contributed by atoms with Crippen molar-refractivity contribution in [1.82, 2.24) is 4.98 Å². The maximum Gasteiger partial charge on any atom is 0.142 e. The summed E-state index contributed by atoms with van der Waals surface area (Å²) < 4.78 is 0. The Hall–Kier alpha value is -1.58. The van der Waals surface area contributed by atoms with E-state index in [0.29, 0.717) is 17.4 Å². The number of nitrogens with zero attached hydrogens (tertiary/aromatic N) is 1. The van der Waals surface area contributed by atoms with Gasteiger partial charge in [-0.3, -0.25) is 0 Å². The van der Waals surface area contributed by atoms with Crippen molar-refractivity contribution in [2.75, 3.05) is 5.73 Å². The van der Waals surface area contributed by atoms with Crippen molar-refractivity contribution in [2.24, 2.45) is 5.73 Å². The van der Waals surface area contributed by atoms with Gasteiger partial charge in [0, 0.05) is 18.3 Å². The van der Waals surface area contributed by atoms with Crippen molar-refractivity contribution in [2.45, 2.75) is 6.54 Å². The summed E-state index contributed by atoms with van der Waals surface area (Å²) in [5.74, 6) is 0.348. The topological polar surface area (TPSA) is 64.9 Å². The molecule has 82 valence electrons. The summed E-state index contributed by atoms with van der Waals surface area (Å²) in [7, 11) is 0. The van der Waals surface area contributed by atoms with Crippen LogP contribution in [-0.4, -0.2) is 4.98 Å².